The lowest BCUT2D eigenvalue weighted by atomic mass is 9.93. The van der Waals surface area contributed by atoms with E-state index in [4.69, 9.17) is 9.47 Å². The molecule has 0 radical (unpaired) electrons. The van der Waals surface area contributed by atoms with Gasteiger partial charge in [-0.05, 0) is 38.6 Å². The SMILES string of the molecule is CNCC[C@H]1COc2c(OC)ccc(C)c21. The van der Waals surface area contributed by atoms with Crippen molar-refractivity contribution in [1.82, 2.24) is 5.32 Å². The lowest BCUT2D eigenvalue weighted by molar-refractivity contribution is 0.305. The second kappa shape index (κ2) is 4.74. The van der Waals surface area contributed by atoms with Gasteiger partial charge in [0.15, 0.2) is 11.5 Å². The van der Waals surface area contributed by atoms with E-state index in [9.17, 15) is 0 Å². The number of hydrogen-bond donors (Lipinski definition) is 1. The number of ether oxygens (including phenoxy) is 2. The Morgan fingerprint density at radius 3 is 3.00 bits per heavy atom. The number of hydrogen-bond acceptors (Lipinski definition) is 3. The lowest BCUT2D eigenvalue weighted by Gasteiger charge is -2.12. The first-order valence-electron chi connectivity index (χ1n) is 5.72. The van der Waals surface area contributed by atoms with E-state index in [1.54, 1.807) is 7.11 Å². The summed E-state index contributed by atoms with van der Waals surface area (Å²) < 4.78 is 11.1. The van der Waals surface area contributed by atoms with Crippen molar-refractivity contribution in [2.75, 3.05) is 27.3 Å². The molecule has 0 aliphatic carbocycles. The van der Waals surface area contributed by atoms with Gasteiger partial charge in [-0.2, -0.15) is 0 Å². The monoisotopic (exact) mass is 221 g/mol. The lowest BCUT2D eigenvalue weighted by Crippen LogP contribution is -2.13. The summed E-state index contributed by atoms with van der Waals surface area (Å²) in [6, 6.07) is 4.09. The first-order chi connectivity index (χ1) is 7.77. The van der Waals surface area contributed by atoms with Crippen LogP contribution in [0.5, 0.6) is 11.5 Å². The van der Waals surface area contributed by atoms with Gasteiger partial charge in [0.25, 0.3) is 0 Å². The molecule has 1 atom stereocenters. The molecule has 1 heterocycles. The Bertz CT molecular complexity index is 376. The normalized spacial score (nSPS) is 18.1. The smallest absolute Gasteiger partial charge is 0.165 e. The molecule has 0 bridgehead atoms. The van der Waals surface area contributed by atoms with Crippen LogP contribution in [-0.4, -0.2) is 27.3 Å². The summed E-state index contributed by atoms with van der Waals surface area (Å²) in [4.78, 5) is 0. The van der Waals surface area contributed by atoms with Crippen LogP contribution in [0.3, 0.4) is 0 Å². The fraction of sp³-hybridized carbons (Fsp3) is 0.538. The molecular weight excluding hydrogens is 202 g/mol. The van der Waals surface area contributed by atoms with Crippen molar-refractivity contribution in [3.63, 3.8) is 0 Å². The molecule has 88 valence electrons. The van der Waals surface area contributed by atoms with Gasteiger partial charge >= 0.3 is 0 Å². The second-order valence-corrected chi connectivity index (χ2v) is 4.23. The fourth-order valence-corrected chi connectivity index (χ4v) is 2.31. The molecule has 0 saturated heterocycles. The summed E-state index contributed by atoms with van der Waals surface area (Å²) in [6.45, 7) is 3.93. The Balaban J connectivity index is 2.30. The highest BCUT2D eigenvalue weighted by atomic mass is 16.5. The summed E-state index contributed by atoms with van der Waals surface area (Å²) >= 11 is 0. The summed E-state index contributed by atoms with van der Waals surface area (Å²) in [5, 5.41) is 3.19. The Morgan fingerprint density at radius 2 is 2.31 bits per heavy atom. The molecule has 3 nitrogen and oxygen atoms in total. The van der Waals surface area contributed by atoms with Crippen molar-refractivity contribution >= 4 is 0 Å². The van der Waals surface area contributed by atoms with Crippen molar-refractivity contribution < 1.29 is 9.47 Å². The van der Waals surface area contributed by atoms with E-state index in [0.29, 0.717) is 5.92 Å². The van der Waals surface area contributed by atoms with Crippen LogP contribution in [0.2, 0.25) is 0 Å². The van der Waals surface area contributed by atoms with Gasteiger partial charge in [0.05, 0.1) is 13.7 Å². The van der Waals surface area contributed by atoms with Crippen LogP contribution in [0.15, 0.2) is 12.1 Å². The topological polar surface area (TPSA) is 30.5 Å². The summed E-state index contributed by atoms with van der Waals surface area (Å²) in [7, 11) is 3.67. The van der Waals surface area contributed by atoms with Gasteiger partial charge in [0.2, 0.25) is 0 Å². The zero-order chi connectivity index (χ0) is 11.5. The minimum absolute atomic E-state index is 0.498. The zero-order valence-electron chi connectivity index (χ0n) is 10.2. The molecule has 0 saturated carbocycles. The number of nitrogens with one attached hydrogen (secondary N) is 1. The van der Waals surface area contributed by atoms with E-state index in [0.717, 1.165) is 31.1 Å². The van der Waals surface area contributed by atoms with Crippen LogP contribution >= 0.6 is 0 Å². The maximum Gasteiger partial charge on any atom is 0.165 e. The Morgan fingerprint density at radius 1 is 1.50 bits per heavy atom. The highest BCUT2D eigenvalue weighted by Crippen LogP contribution is 2.44. The summed E-state index contributed by atoms with van der Waals surface area (Å²) in [6.07, 6.45) is 1.11. The number of aryl methyl sites for hydroxylation is 1. The van der Waals surface area contributed by atoms with Crippen LogP contribution in [0.1, 0.15) is 23.5 Å². The van der Waals surface area contributed by atoms with Crippen molar-refractivity contribution in [2.45, 2.75) is 19.3 Å². The molecule has 0 amide bonds. The van der Waals surface area contributed by atoms with E-state index < -0.39 is 0 Å². The predicted octanol–water partition coefficient (Wildman–Crippen LogP) is 2.09. The fourth-order valence-electron chi connectivity index (χ4n) is 2.31. The van der Waals surface area contributed by atoms with Crippen LogP contribution in [0, 0.1) is 6.92 Å². The third-order valence-corrected chi connectivity index (χ3v) is 3.18. The first kappa shape index (κ1) is 11.3. The van der Waals surface area contributed by atoms with Crippen molar-refractivity contribution in [2.24, 2.45) is 0 Å². The molecule has 1 N–H and O–H groups in total. The van der Waals surface area contributed by atoms with Gasteiger partial charge in [-0.25, -0.2) is 0 Å². The average Bonchev–Trinajstić information content (AvgIpc) is 2.72. The second-order valence-electron chi connectivity index (χ2n) is 4.23. The molecule has 0 unspecified atom stereocenters. The number of benzene rings is 1. The highest BCUT2D eigenvalue weighted by molar-refractivity contribution is 5.54. The van der Waals surface area contributed by atoms with E-state index in [1.807, 2.05) is 13.1 Å². The van der Waals surface area contributed by atoms with Crippen LogP contribution in [0.4, 0.5) is 0 Å². The summed E-state index contributed by atoms with van der Waals surface area (Å²) in [5.41, 5.74) is 2.63. The van der Waals surface area contributed by atoms with Gasteiger partial charge < -0.3 is 14.8 Å². The molecule has 1 aromatic rings. The van der Waals surface area contributed by atoms with Gasteiger partial charge in [-0.3, -0.25) is 0 Å². The molecule has 1 aromatic carbocycles. The van der Waals surface area contributed by atoms with Gasteiger partial charge in [-0.1, -0.05) is 6.07 Å². The van der Waals surface area contributed by atoms with Gasteiger partial charge in [0, 0.05) is 11.5 Å². The number of methoxy groups -OCH3 is 1. The van der Waals surface area contributed by atoms with E-state index in [1.165, 1.54) is 11.1 Å². The largest absolute Gasteiger partial charge is 0.493 e. The van der Waals surface area contributed by atoms with E-state index in [-0.39, 0.29) is 0 Å². The maximum absolute atomic E-state index is 5.76. The van der Waals surface area contributed by atoms with E-state index >= 15 is 0 Å². The Labute approximate surface area is 96.8 Å². The van der Waals surface area contributed by atoms with Gasteiger partial charge in [0.1, 0.15) is 0 Å². The molecule has 2 rings (SSSR count). The van der Waals surface area contributed by atoms with Crippen LogP contribution in [0.25, 0.3) is 0 Å². The molecule has 0 fully saturated rings. The van der Waals surface area contributed by atoms with E-state index in [2.05, 4.69) is 18.3 Å². The molecule has 0 aromatic heterocycles. The minimum atomic E-state index is 0.498. The first-order valence-corrected chi connectivity index (χ1v) is 5.72. The quantitative estimate of drug-likeness (QED) is 0.844. The highest BCUT2D eigenvalue weighted by Gasteiger charge is 2.28. The number of rotatable bonds is 4. The van der Waals surface area contributed by atoms with Crippen LogP contribution in [-0.2, 0) is 0 Å². The molecule has 3 heteroatoms. The molecule has 0 spiro atoms. The van der Waals surface area contributed by atoms with Crippen LogP contribution < -0.4 is 14.8 Å². The van der Waals surface area contributed by atoms with Crippen molar-refractivity contribution in [3.05, 3.63) is 23.3 Å². The molecular formula is C13H19NO2. The third kappa shape index (κ3) is 1.87. The third-order valence-electron chi connectivity index (χ3n) is 3.18. The molecule has 16 heavy (non-hydrogen) atoms. The van der Waals surface area contributed by atoms with Gasteiger partial charge in [-0.15, -0.1) is 0 Å². The predicted molar refractivity (Wildman–Crippen MR) is 64.5 cm³/mol. The standard InChI is InChI=1S/C13H19NO2/c1-9-4-5-11(15-3)13-12(9)10(8-16-13)6-7-14-2/h4-5,10,14H,6-8H2,1-3H3/t10-/m0/s1. The summed E-state index contributed by atoms with van der Waals surface area (Å²) in [5.74, 6) is 2.30. The number of fused-ring (bicyclic) bond motifs is 1. The molecule has 1 aliphatic heterocycles. The minimum Gasteiger partial charge on any atom is -0.493 e. The van der Waals surface area contributed by atoms with Crippen molar-refractivity contribution in [3.8, 4) is 11.5 Å². The Kier molecular flexibility index (Phi) is 3.34. The molecule has 1 aliphatic rings. The zero-order valence-corrected chi connectivity index (χ0v) is 10.2. The van der Waals surface area contributed by atoms with Crippen molar-refractivity contribution in [1.29, 1.82) is 0 Å². The average molecular weight is 221 g/mol. The maximum atomic E-state index is 5.76. The Hall–Kier alpha value is -1.22.